The first-order valence-electron chi connectivity index (χ1n) is 6.91. The standard InChI is InChI=1S/C16H18N2O2/c1-2-18-16(13-4-3-7-17-11-13)12-5-6-14-15(10-12)20-9-8-19-14/h3-7,10-11,16,18H,2,8-9H2,1H3. The Morgan fingerprint density at radius 1 is 1.15 bits per heavy atom. The molecule has 2 heterocycles. The molecule has 1 aliphatic heterocycles. The molecule has 1 unspecified atom stereocenters. The maximum atomic E-state index is 5.66. The number of nitrogens with one attached hydrogen (secondary N) is 1. The molecule has 20 heavy (non-hydrogen) atoms. The molecule has 0 bridgehead atoms. The molecule has 1 atom stereocenters. The fraction of sp³-hybridized carbons (Fsp3) is 0.312. The van der Waals surface area contributed by atoms with E-state index >= 15 is 0 Å². The number of rotatable bonds is 4. The zero-order chi connectivity index (χ0) is 13.8. The number of hydrogen-bond donors (Lipinski definition) is 1. The van der Waals surface area contributed by atoms with Crippen LogP contribution in [0.4, 0.5) is 0 Å². The molecule has 1 aliphatic rings. The molecule has 0 amide bonds. The minimum absolute atomic E-state index is 0.115. The van der Waals surface area contributed by atoms with Gasteiger partial charge in [0.25, 0.3) is 0 Å². The van der Waals surface area contributed by atoms with Crippen molar-refractivity contribution < 1.29 is 9.47 Å². The number of aromatic nitrogens is 1. The number of nitrogens with zero attached hydrogens (tertiary/aromatic N) is 1. The van der Waals surface area contributed by atoms with Crippen LogP contribution < -0.4 is 14.8 Å². The summed E-state index contributed by atoms with van der Waals surface area (Å²) in [5.41, 5.74) is 2.30. The third-order valence-electron chi connectivity index (χ3n) is 3.33. The lowest BCUT2D eigenvalue weighted by Crippen LogP contribution is -2.22. The van der Waals surface area contributed by atoms with E-state index in [1.54, 1.807) is 6.20 Å². The van der Waals surface area contributed by atoms with Crippen molar-refractivity contribution in [3.8, 4) is 11.5 Å². The zero-order valence-electron chi connectivity index (χ0n) is 11.5. The second kappa shape index (κ2) is 5.92. The highest BCUT2D eigenvalue weighted by Gasteiger charge is 2.17. The maximum absolute atomic E-state index is 5.66. The third-order valence-corrected chi connectivity index (χ3v) is 3.33. The van der Waals surface area contributed by atoms with Crippen LogP contribution in [0.1, 0.15) is 24.1 Å². The Balaban J connectivity index is 1.95. The summed E-state index contributed by atoms with van der Waals surface area (Å²) in [6.45, 7) is 4.20. The van der Waals surface area contributed by atoms with Gasteiger partial charge < -0.3 is 14.8 Å². The van der Waals surface area contributed by atoms with Crippen LogP contribution in [-0.2, 0) is 0 Å². The first-order valence-corrected chi connectivity index (χ1v) is 6.91. The molecule has 0 saturated carbocycles. The van der Waals surface area contributed by atoms with Gasteiger partial charge >= 0.3 is 0 Å². The van der Waals surface area contributed by atoms with Gasteiger partial charge in [-0.2, -0.15) is 0 Å². The SMILES string of the molecule is CCNC(c1cccnc1)c1ccc2c(c1)OCCO2. The lowest BCUT2D eigenvalue weighted by molar-refractivity contribution is 0.171. The van der Waals surface area contributed by atoms with Gasteiger partial charge in [0.15, 0.2) is 11.5 Å². The van der Waals surface area contributed by atoms with Gasteiger partial charge in [-0.05, 0) is 35.9 Å². The molecule has 0 spiro atoms. The molecule has 0 aliphatic carbocycles. The summed E-state index contributed by atoms with van der Waals surface area (Å²) in [6, 6.07) is 10.3. The van der Waals surface area contributed by atoms with Crippen LogP contribution in [-0.4, -0.2) is 24.7 Å². The summed E-state index contributed by atoms with van der Waals surface area (Å²) in [5.74, 6) is 1.64. The van der Waals surface area contributed by atoms with E-state index in [1.807, 2.05) is 18.3 Å². The molecule has 4 heteroatoms. The summed E-state index contributed by atoms with van der Waals surface area (Å²) < 4.78 is 11.2. The van der Waals surface area contributed by atoms with Gasteiger partial charge in [-0.3, -0.25) is 4.98 Å². The van der Waals surface area contributed by atoms with Gasteiger partial charge in [0, 0.05) is 12.4 Å². The molecular weight excluding hydrogens is 252 g/mol. The molecular formula is C16H18N2O2. The molecule has 4 nitrogen and oxygen atoms in total. The Labute approximate surface area is 118 Å². The van der Waals surface area contributed by atoms with Crippen LogP contribution in [0.25, 0.3) is 0 Å². The summed E-state index contributed by atoms with van der Waals surface area (Å²) >= 11 is 0. The highest BCUT2D eigenvalue weighted by Crippen LogP contribution is 2.34. The summed E-state index contributed by atoms with van der Waals surface area (Å²) in [5, 5.41) is 3.49. The van der Waals surface area contributed by atoms with Crippen molar-refractivity contribution in [2.45, 2.75) is 13.0 Å². The molecule has 0 saturated heterocycles. The van der Waals surface area contributed by atoms with E-state index in [0.717, 1.165) is 29.2 Å². The number of benzene rings is 1. The summed E-state index contributed by atoms with van der Waals surface area (Å²) in [7, 11) is 0. The van der Waals surface area contributed by atoms with Gasteiger partial charge in [-0.15, -0.1) is 0 Å². The Kier molecular flexibility index (Phi) is 3.83. The van der Waals surface area contributed by atoms with E-state index in [0.29, 0.717) is 13.2 Å². The zero-order valence-corrected chi connectivity index (χ0v) is 11.5. The van der Waals surface area contributed by atoms with Crippen molar-refractivity contribution in [3.63, 3.8) is 0 Å². The molecule has 0 radical (unpaired) electrons. The van der Waals surface area contributed by atoms with E-state index in [1.165, 1.54) is 0 Å². The molecule has 0 fully saturated rings. The number of pyridine rings is 1. The number of ether oxygens (including phenoxy) is 2. The van der Waals surface area contributed by atoms with Crippen LogP contribution in [0.5, 0.6) is 11.5 Å². The highest BCUT2D eigenvalue weighted by atomic mass is 16.6. The summed E-state index contributed by atoms with van der Waals surface area (Å²) in [6.07, 6.45) is 3.68. The Morgan fingerprint density at radius 3 is 2.75 bits per heavy atom. The first kappa shape index (κ1) is 12.9. The third kappa shape index (κ3) is 2.60. The van der Waals surface area contributed by atoms with Crippen molar-refractivity contribution in [1.29, 1.82) is 0 Å². The molecule has 3 rings (SSSR count). The highest BCUT2D eigenvalue weighted by molar-refractivity contribution is 5.46. The summed E-state index contributed by atoms with van der Waals surface area (Å²) in [4.78, 5) is 4.20. The smallest absolute Gasteiger partial charge is 0.161 e. The van der Waals surface area contributed by atoms with Gasteiger partial charge in [0.05, 0.1) is 6.04 Å². The largest absolute Gasteiger partial charge is 0.486 e. The van der Waals surface area contributed by atoms with Gasteiger partial charge in [-0.25, -0.2) is 0 Å². The molecule has 1 N–H and O–H groups in total. The second-order valence-electron chi connectivity index (χ2n) is 4.68. The first-order chi connectivity index (χ1) is 9.88. The fourth-order valence-electron chi connectivity index (χ4n) is 2.42. The predicted octanol–water partition coefficient (Wildman–Crippen LogP) is 2.55. The average molecular weight is 270 g/mol. The Hall–Kier alpha value is -2.07. The van der Waals surface area contributed by atoms with Crippen LogP contribution in [0.2, 0.25) is 0 Å². The monoisotopic (exact) mass is 270 g/mol. The van der Waals surface area contributed by atoms with Crippen molar-refractivity contribution in [2.75, 3.05) is 19.8 Å². The van der Waals surface area contributed by atoms with Crippen LogP contribution in [0.3, 0.4) is 0 Å². The lowest BCUT2D eigenvalue weighted by Gasteiger charge is -2.23. The number of hydrogen-bond acceptors (Lipinski definition) is 4. The molecule has 1 aromatic heterocycles. The normalized spacial score (nSPS) is 14.8. The van der Waals surface area contributed by atoms with E-state index in [9.17, 15) is 0 Å². The van der Waals surface area contributed by atoms with E-state index in [4.69, 9.17) is 9.47 Å². The fourth-order valence-corrected chi connectivity index (χ4v) is 2.42. The van der Waals surface area contributed by atoms with Gasteiger partial charge in [0.2, 0.25) is 0 Å². The average Bonchev–Trinajstić information content (AvgIpc) is 2.53. The predicted molar refractivity (Wildman–Crippen MR) is 77.2 cm³/mol. The lowest BCUT2D eigenvalue weighted by atomic mass is 9.99. The van der Waals surface area contributed by atoms with Crippen LogP contribution in [0.15, 0.2) is 42.7 Å². The second-order valence-corrected chi connectivity index (χ2v) is 4.68. The Bertz CT molecular complexity index is 572. The van der Waals surface area contributed by atoms with E-state index in [-0.39, 0.29) is 6.04 Å². The van der Waals surface area contributed by atoms with Crippen molar-refractivity contribution in [1.82, 2.24) is 10.3 Å². The molecule has 2 aromatic rings. The van der Waals surface area contributed by atoms with E-state index < -0.39 is 0 Å². The van der Waals surface area contributed by atoms with Crippen molar-refractivity contribution in [3.05, 3.63) is 53.9 Å². The van der Waals surface area contributed by atoms with Crippen LogP contribution >= 0.6 is 0 Å². The maximum Gasteiger partial charge on any atom is 0.161 e. The Morgan fingerprint density at radius 2 is 2.00 bits per heavy atom. The minimum Gasteiger partial charge on any atom is -0.486 e. The van der Waals surface area contributed by atoms with Gasteiger partial charge in [-0.1, -0.05) is 19.1 Å². The minimum atomic E-state index is 0.115. The van der Waals surface area contributed by atoms with Crippen molar-refractivity contribution in [2.24, 2.45) is 0 Å². The van der Waals surface area contributed by atoms with Crippen molar-refractivity contribution >= 4 is 0 Å². The van der Waals surface area contributed by atoms with Crippen LogP contribution in [0, 0.1) is 0 Å². The van der Waals surface area contributed by atoms with Gasteiger partial charge in [0.1, 0.15) is 13.2 Å². The molecule has 1 aromatic carbocycles. The number of fused-ring (bicyclic) bond motifs is 1. The van der Waals surface area contributed by atoms with E-state index in [2.05, 4.69) is 35.4 Å². The topological polar surface area (TPSA) is 43.4 Å². The molecule has 104 valence electrons. The quantitative estimate of drug-likeness (QED) is 0.927.